The quantitative estimate of drug-likeness (QED) is 0.749. The Morgan fingerprint density at radius 1 is 1.15 bits per heavy atom. The van der Waals surface area contributed by atoms with Crippen LogP contribution in [0.15, 0.2) is 46.9 Å². The molecule has 1 atom stereocenters. The van der Waals surface area contributed by atoms with Gasteiger partial charge in [-0.05, 0) is 49.2 Å². The highest BCUT2D eigenvalue weighted by atomic mass is 79.9. The van der Waals surface area contributed by atoms with Crippen LogP contribution in [0.25, 0.3) is 0 Å². The van der Waals surface area contributed by atoms with E-state index in [2.05, 4.69) is 65.4 Å². The number of halogens is 2. The van der Waals surface area contributed by atoms with Crippen molar-refractivity contribution in [1.29, 1.82) is 0 Å². The van der Waals surface area contributed by atoms with Gasteiger partial charge in [0.05, 0.1) is 6.04 Å². The summed E-state index contributed by atoms with van der Waals surface area (Å²) in [5.41, 5.74) is 3.76. The molecule has 0 amide bonds. The van der Waals surface area contributed by atoms with Crippen LogP contribution in [-0.4, -0.2) is 6.54 Å². The largest absolute Gasteiger partial charge is 0.306 e. The molecule has 0 saturated heterocycles. The van der Waals surface area contributed by atoms with Crippen molar-refractivity contribution in [3.63, 3.8) is 0 Å². The predicted molar refractivity (Wildman–Crippen MR) is 90.5 cm³/mol. The Labute approximate surface area is 134 Å². The Morgan fingerprint density at radius 3 is 2.50 bits per heavy atom. The standard InChI is InChI=1S/C17H19BrClN/c1-3-10-20-17(13-5-7-14(19)8-6-13)15-11-12(2)4-9-16(15)18/h4-9,11,17,20H,3,10H2,1-2H3. The first kappa shape index (κ1) is 15.6. The Bertz CT molecular complexity index is 566. The first-order valence-electron chi connectivity index (χ1n) is 6.86. The molecule has 106 valence electrons. The Balaban J connectivity index is 2.41. The van der Waals surface area contributed by atoms with E-state index in [1.807, 2.05) is 12.1 Å². The van der Waals surface area contributed by atoms with Crippen LogP contribution in [0, 0.1) is 6.92 Å². The van der Waals surface area contributed by atoms with Crippen LogP contribution in [0.3, 0.4) is 0 Å². The van der Waals surface area contributed by atoms with Gasteiger partial charge in [0.25, 0.3) is 0 Å². The van der Waals surface area contributed by atoms with Gasteiger partial charge in [0.1, 0.15) is 0 Å². The summed E-state index contributed by atoms with van der Waals surface area (Å²) in [5, 5.41) is 4.39. The molecule has 0 radical (unpaired) electrons. The summed E-state index contributed by atoms with van der Waals surface area (Å²) in [4.78, 5) is 0. The van der Waals surface area contributed by atoms with Gasteiger partial charge in [0.15, 0.2) is 0 Å². The topological polar surface area (TPSA) is 12.0 Å². The average Bonchev–Trinajstić information content (AvgIpc) is 2.44. The second kappa shape index (κ2) is 7.26. The summed E-state index contributed by atoms with van der Waals surface area (Å²) >= 11 is 9.66. The summed E-state index contributed by atoms with van der Waals surface area (Å²) in [7, 11) is 0. The van der Waals surface area contributed by atoms with Crippen molar-refractivity contribution in [3.8, 4) is 0 Å². The van der Waals surface area contributed by atoms with Crippen molar-refractivity contribution < 1.29 is 0 Å². The Kier molecular flexibility index (Phi) is 5.64. The third kappa shape index (κ3) is 3.85. The molecule has 0 aliphatic heterocycles. The highest BCUT2D eigenvalue weighted by Gasteiger charge is 2.16. The molecule has 1 unspecified atom stereocenters. The highest BCUT2D eigenvalue weighted by Crippen LogP contribution is 2.30. The van der Waals surface area contributed by atoms with E-state index in [0.29, 0.717) is 0 Å². The van der Waals surface area contributed by atoms with Crippen LogP contribution < -0.4 is 5.32 Å². The fourth-order valence-corrected chi connectivity index (χ4v) is 2.84. The fraction of sp³-hybridized carbons (Fsp3) is 0.294. The van der Waals surface area contributed by atoms with Crippen LogP contribution in [0.4, 0.5) is 0 Å². The zero-order chi connectivity index (χ0) is 14.5. The molecule has 0 saturated carbocycles. The Hall–Kier alpha value is -0.830. The van der Waals surface area contributed by atoms with E-state index in [-0.39, 0.29) is 6.04 Å². The van der Waals surface area contributed by atoms with E-state index in [1.165, 1.54) is 16.7 Å². The zero-order valence-corrected chi connectivity index (χ0v) is 14.1. The highest BCUT2D eigenvalue weighted by molar-refractivity contribution is 9.10. The number of nitrogens with one attached hydrogen (secondary N) is 1. The molecule has 1 nitrogen and oxygen atoms in total. The number of benzene rings is 2. The van der Waals surface area contributed by atoms with Gasteiger partial charge in [0.2, 0.25) is 0 Å². The van der Waals surface area contributed by atoms with E-state index >= 15 is 0 Å². The van der Waals surface area contributed by atoms with Crippen LogP contribution in [0.1, 0.15) is 36.1 Å². The first-order chi connectivity index (χ1) is 9.61. The van der Waals surface area contributed by atoms with Gasteiger partial charge in [-0.3, -0.25) is 0 Å². The molecule has 0 aliphatic carbocycles. The van der Waals surface area contributed by atoms with Gasteiger partial charge in [-0.25, -0.2) is 0 Å². The lowest BCUT2D eigenvalue weighted by atomic mass is 9.97. The SMILES string of the molecule is CCCNC(c1ccc(Cl)cc1)c1cc(C)ccc1Br. The van der Waals surface area contributed by atoms with Crippen molar-refractivity contribution in [2.24, 2.45) is 0 Å². The van der Waals surface area contributed by atoms with E-state index in [1.54, 1.807) is 0 Å². The van der Waals surface area contributed by atoms with Gasteiger partial charge in [-0.15, -0.1) is 0 Å². The van der Waals surface area contributed by atoms with Crippen LogP contribution in [-0.2, 0) is 0 Å². The van der Waals surface area contributed by atoms with Gasteiger partial charge in [-0.2, -0.15) is 0 Å². The zero-order valence-electron chi connectivity index (χ0n) is 11.8. The van der Waals surface area contributed by atoms with Crippen molar-refractivity contribution in [2.75, 3.05) is 6.54 Å². The third-order valence-corrected chi connectivity index (χ3v) is 4.24. The molecule has 0 bridgehead atoms. The molecule has 20 heavy (non-hydrogen) atoms. The summed E-state index contributed by atoms with van der Waals surface area (Å²) in [5.74, 6) is 0. The molecule has 3 heteroatoms. The molecule has 0 fully saturated rings. The second-order valence-corrected chi connectivity index (χ2v) is 6.25. The molecular weight excluding hydrogens is 334 g/mol. The number of hydrogen-bond acceptors (Lipinski definition) is 1. The van der Waals surface area contributed by atoms with Crippen molar-refractivity contribution in [1.82, 2.24) is 5.32 Å². The van der Waals surface area contributed by atoms with Crippen LogP contribution >= 0.6 is 27.5 Å². The third-order valence-electron chi connectivity index (χ3n) is 3.26. The first-order valence-corrected chi connectivity index (χ1v) is 8.04. The second-order valence-electron chi connectivity index (χ2n) is 4.96. The van der Waals surface area contributed by atoms with Crippen molar-refractivity contribution in [3.05, 3.63) is 68.7 Å². The molecular formula is C17H19BrClN. The van der Waals surface area contributed by atoms with E-state index in [0.717, 1.165) is 22.5 Å². The van der Waals surface area contributed by atoms with E-state index in [4.69, 9.17) is 11.6 Å². The molecule has 0 aliphatic rings. The minimum Gasteiger partial charge on any atom is -0.306 e. The Morgan fingerprint density at radius 2 is 1.85 bits per heavy atom. The van der Waals surface area contributed by atoms with Crippen LogP contribution in [0.5, 0.6) is 0 Å². The minimum absolute atomic E-state index is 0.182. The summed E-state index contributed by atoms with van der Waals surface area (Å²) in [6, 6.07) is 14.7. The molecule has 0 spiro atoms. The maximum absolute atomic E-state index is 5.99. The molecule has 1 N–H and O–H groups in total. The summed E-state index contributed by atoms with van der Waals surface area (Å²) in [6.45, 7) is 5.28. The molecule has 0 heterocycles. The van der Waals surface area contributed by atoms with Crippen molar-refractivity contribution in [2.45, 2.75) is 26.3 Å². The monoisotopic (exact) mass is 351 g/mol. The summed E-state index contributed by atoms with van der Waals surface area (Å²) < 4.78 is 1.13. The fourth-order valence-electron chi connectivity index (χ4n) is 2.24. The van der Waals surface area contributed by atoms with Gasteiger partial charge >= 0.3 is 0 Å². The maximum atomic E-state index is 5.99. The van der Waals surface area contributed by atoms with Gasteiger partial charge in [-0.1, -0.05) is 64.3 Å². The molecule has 2 aromatic carbocycles. The van der Waals surface area contributed by atoms with E-state index < -0.39 is 0 Å². The maximum Gasteiger partial charge on any atom is 0.0587 e. The molecule has 2 rings (SSSR count). The number of hydrogen-bond donors (Lipinski definition) is 1. The lowest BCUT2D eigenvalue weighted by Crippen LogP contribution is -2.23. The smallest absolute Gasteiger partial charge is 0.0587 e. The van der Waals surface area contributed by atoms with Gasteiger partial charge in [0, 0.05) is 9.50 Å². The predicted octanol–water partition coefficient (Wildman–Crippen LogP) is 5.50. The lowest BCUT2D eigenvalue weighted by Gasteiger charge is -2.21. The lowest BCUT2D eigenvalue weighted by molar-refractivity contribution is 0.596. The molecule has 0 aromatic heterocycles. The van der Waals surface area contributed by atoms with E-state index in [9.17, 15) is 0 Å². The van der Waals surface area contributed by atoms with Gasteiger partial charge < -0.3 is 5.32 Å². The average molecular weight is 353 g/mol. The van der Waals surface area contributed by atoms with Crippen molar-refractivity contribution >= 4 is 27.5 Å². The normalized spacial score (nSPS) is 12.4. The minimum atomic E-state index is 0.182. The number of rotatable bonds is 5. The summed E-state index contributed by atoms with van der Waals surface area (Å²) in [6.07, 6.45) is 1.10. The molecule has 2 aromatic rings. The van der Waals surface area contributed by atoms with Crippen LogP contribution in [0.2, 0.25) is 5.02 Å². The number of aryl methyl sites for hydroxylation is 1.